The van der Waals surface area contributed by atoms with Crippen molar-refractivity contribution < 1.29 is 9.15 Å². The quantitative estimate of drug-likeness (QED) is 0.747. The van der Waals surface area contributed by atoms with Crippen molar-refractivity contribution in [3.05, 3.63) is 48.4 Å². The maximum absolute atomic E-state index is 5.61. The molecule has 3 heteroatoms. The van der Waals surface area contributed by atoms with Gasteiger partial charge in [-0.2, -0.15) is 0 Å². The van der Waals surface area contributed by atoms with Gasteiger partial charge in [0, 0.05) is 5.69 Å². The molecule has 1 heterocycles. The highest BCUT2D eigenvalue weighted by Gasteiger charge is 1.97. The number of unbranched alkanes of at least 4 members (excludes halogenated alkanes) is 1. The van der Waals surface area contributed by atoms with Gasteiger partial charge >= 0.3 is 0 Å². The number of furan rings is 1. The Balaban J connectivity index is 1.80. The molecular formula is C15H19NO2. The molecule has 0 saturated heterocycles. The summed E-state index contributed by atoms with van der Waals surface area (Å²) in [5, 5.41) is 3.29. The number of rotatable bonds is 7. The van der Waals surface area contributed by atoms with Crippen molar-refractivity contribution in [3.8, 4) is 5.75 Å². The highest BCUT2D eigenvalue weighted by molar-refractivity contribution is 5.46. The maximum Gasteiger partial charge on any atom is 0.122 e. The van der Waals surface area contributed by atoms with Gasteiger partial charge in [0.15, 0.2) is 0 Å². The predicted octanol–water partition coefficient (Wildman–Crippen LogP) is 4.07. The van der Waals surface area contributed by atoms with Gasteiger partial charge in [-0.1, -0.05) is 13.3 Å². The summed E-state index contributed by atoms with van der Waals surface area (Å²) in [4.78, 5) is 0. The number of hydrogen-bond donors (Lipinski definition) is 1. The van der Waals surface area contributed by atoms with Crippen LogP contribution in [0.15, 0.2) is 47.1 Å². The van der Waals surface area contributed by atoms with Gasteiger partial charge < -0.3 is 14.5 Å². The summed E-state index contributed by atoms with van der Waals surface area (Å²) in [5.41, 5.74) is 1.06. The zero-order valence-electron chi connectivity index (χ0n) is 10.7. The van der Waals surface area contributed by atoms with Crippen LogP contribution in [-0.4, -0.2) is 6.61 Å². The number of ether oxygens (including phenoxy) is 1. The van der Waals surface area contributed by atoms with Gasteiger partial charge in [0.1, 0.15) is 11.5 Å². The van der Waals surface area contributed by atoms with E-state index in [1.807, 2.05) is 36.4 Å². The van der Waals surface area contributed by atoms with Crippen LogP contribution in [-0.2, 0) is 6.54 Å². The molecule has 0 fully saturated rings. The lowest BCUT2D eigenvalue weighted by Gasteiger charge is -2.07. The molecule has 0 amide bonds. The molecular weight excluding hydrogens is 226 g/mol. The van der Waals surface area contributed by atoms with Gasteiger partial charge in [-0.3, -0.25) is 0 Å². The highest BCUT2D eigenvalue weighted by Crippen LogP contribution is 2.16. The fourth-order valence-electron chi connectivity index (χ4n) is 1.61. The lowest BCUT2D eigenvalue weighted by atomic mass is 10.3. The highest BCUT2D eigenvalue weighted by atomic mass is 16.5. The summed E-state index contributed by atoms with van der Waals surface area (Å²) in [5.74, 6) is 1.85. The number of benzene rings is 1. The second-order valence-electron chi connectivity index (χ2n) is 4.16. The Bertz CT molecular complexity index is 434. The van der Waals surface area contributed by atoms with Crippen LogP contribution < -0.4 is 10.1 Å². The molecule has 0 unspecified atom stereocenters. The molecule has 1 aromatic heterocycles. The van der Waals surface area contributed by atoms with Gasteiger partial charge in [0.05, 0.1) is 19.4 Å². The molecule has 1 aromatic carbocycles. The Morgan fingerprint density at radius 3 is 2.67 bits per heavy atom. The molecule has 3 nitrogen and oxygen atoms in total. The predicted molar refractivity (Wildman–Crippen MR) is 72.9 cm³/mol. The normalized spacial score (nSPS) is 10.3. The molecule has 0 bridgehead atoms. The Morgan fingerprint density at radius 1 is 1.17 bits per heavy atom. The monoisotopic (exact) mass is 245 g/mol. The summed E-state index contributed by atoms with van der Waals surface area (Å²) in [7, 11) is 0. The molecule has 2 aromatic rings. The van der Waals surface area contributed by atoms with E-state index >= 15 is 0 Å². The van der Waals surface area contributed by atoms with Crippen LogP contribution in [0.1, 0.15) is 25.5 Å². The largest absolute Gasteiger partial charge is 0.494 e. The first-order valence-corrected chi connectivity index (χ1v) is 6.37. The maximum atomic E-state index is 5.61. The van der Waals surface area contributed by atoms with E-state index in [1.54, 1.807) is 6.26 Å². The first-order valence-electron chi connectivity index (χ1n) is 6.37. The minimum absolute atomic E-state index is 0.697. The van der Waals surface area contributed by atoms with E-state index in [9.17, 15) is 0 Å². The van der Waals surface area contributed by atoms with Crippen LogP contribution in [0.4, 0.5) is 5.69 Å². The zero-order valence-corrected chi connectivity index (χ0v) is 10.7. The molecule has 0 aliphatic heterocycles. The van der Waals surface area contributed by atoms with Crippen molar-refractivity contribution >= 4 is 5.69 Å². The zero-order chi connectivity index (χ0) is 12.6. The summed E-state index contributed by atoms with van der Waals surface area (Å²) >= 11 is 0. The van der Waals surface area contributed by atoms with E-state index in [2.05, 4.69) is 12.2 Å². The average Bonchev–Trinajstić information content (AvgIpc) is 2.91. The molecule has 2 rings (SSSR count). The first-order chi connectivity index (χ1) is 8.88. The van der Waals surface area contributed by atoms with Crippen LogP contribution in [0, 0.1) is 0 Å². The Hall–Kier alpha value is -1.90. The van der Waals surface area contributed by atoms with Crippen molar-refractivity contribution in [2.75, 3.05) is 11.9 Å². The molecule has 0 atom stereocenters. The minimum atomic E-state index is 0.697. The molecule has 0 aliphatic carbocycles. The third kappa shape index (κ3) is 3.84. The molecule has 0 saturated carbocycles. The van der Waals surface area contributed by atoms with Crippen molar-refractivity contribution in [3.63, 3.8) is 0 Å². The third-order valence-corrected chi connectivity index (χ3v) is 2.67. The SMILES string of the molecule is CCCCOc1ccc(NCc2ccco2)cc1. The molecule has 1 N–H and O–H groups in total. The standard InChI is InChI=1S/C15H19NO2/c1-2-3-10-17-14-8-6-13(7-9-14)16-12-15-5-4-11-18-15/h4-9,11,16H,2-3,10,12H2,1H3. The van der Waals surface area contributed by atoms with Crippen LogP contribution in [0.5, 0.6) is 5.75 Å². The molecule has 96 valence electrons. The average molecular weight is 245 g/mol. The van der Waals surface area contributed by atoms with Gasteiger partial charge in [0.25, 0.3) is 0 Å². The van der Waals surface area contributed by atoms with Crippen LogP contribution in [0.3, 0.4) is 0 Å². The van der Waals surface area contributed by atoms with Crippen molar-refractivity contribution in [1.29, 1.82) is 0 Å². The van der Waals surface area contributed by atoms with Gasteiger partial charge in [-0.05, 0) is 42.8 Å². The molecule has 18 heavy (non-hydrogen) atoms. The fourth-order valence-corrected chi connectivity index (χ4v) is 1.61. The van der Waals surface area contributed by atoms with Crippen LogP contribution in [0.2, 0.25) is 0 Å². The van der Waals surface area contributed by atoms with Gasteiger partial charge in [0.2, 0.25) is 0 Å². The van der Waals surface area contributed by atoms with E-state index in [1.165, 1.54) is 0 Å². The third-order valence-electron chi connectivity index (χ3n) is 2.67. The molecule has 0 spiro atoms. The van der Waals surface area contributed by atoms with E-state index in [0.29, 0.717) is 6.54 Å². The Morgan fingerprint density at radius 2 is 2.00 bits per heavy atom. The van der Waals surface area contributed by atoms with Gasteiger partial charge in [-0.25, -0.2) is 0 Å². The Labute approximate surface area is 108 Å². The molecule has 0 radical (unpaired) electrons. The topological polar surface area (TPSA) is 34.4 Å². The molecule has 0 aliphatic rings. The van der Waals surface area contributed by atoms with Crippen molar-refractivity contribution in [1.82, 2.24) is 0 Å². The van der Waals surface area contributed by atoms with Crippen molar-refractivity contribution in [2.24, 2.45) is 0 Å². The van der Waals surface area contributed by atoms with E-state index in [0.717, 1.165) is 36.6 Å². The van der Waals surface area contributed by atoms with Crippen molar-refractivity contribution in [2.45, 2.75) is 26.3 Å². The minimum Gasteiger partial charge on any atom is -0.494 e. The number of hydrogen-bond acceptors (Lipinski definition) is 3. The van der Waals surface area contributed by atoms with E-state index in [4.69, 9.17) is 9.15 Å². The lowest BCUT2D eigenvalue weighted by Crippen LogP contribution is -1.99. The van der Waals surface area contributed by atoms with E-state index < -0.39 is 0 Å². The summed E-state index contributed by atoms with van der Waals surface area (Å²) in [6.07, 6.45) is 3.93. The smallest absolute Gasteiger partial charge is 0.122 e. The lowest BCUT2D eigenvalue weighted by molar-refractivity contribution is 0.309. The first kappa shape index (κ1) is 12.6. The number of nitrogens with one attached hydrogen (secondary N) is 1. The fraction of sp³-hybridized carbons (Fsp3) is 0.333. The Kier molecular flexibility index (Phi) is 4.70. The summed E-state index contributed by atoms with van der Waals surface area (Å²) < 4.78 is 10.9. The summed E-state index contributed by atoms with van der Waals surface area (Å²) in [6, 6.07) is 11.9. The van der Waals surface area contributed by atoms with Gasteiger partial charge in [-0.15, -0.1) is 0 Å². The van der Waals surface area contributed by atoms with E-state index in [-0.39, 0.29) is 0 Å². The second-order valence-corrected chi connectivity index (χ2v) is 4.16. The number of anilines is 1. The second kappa shape index (κ2) is 6.74. The van der Waals surface area contributed by atoms with Crippen LogP contribution >= 0.6 is 0 Å². The summed E-state index contributed by atoms with van der Waals surface area (Å²) in [6.45, 7) is 3.64. The van der Waals surface area contributed by atoms with Crippen LogP contribution in [0.25, 0.3) is 0 Å².